The fourth-order valence-electron chi connectivity index (χ4n) is 3.57. The van der Waals surface area contributed by atoms with Gasteiger partial charge in [-0.25, -0.2) is 4.98 Å². The maximum Gasteiger partial charge on any atom is 0.218 e. The first-order valence-corrected chi connectivity index (χ1v) is 10.4. The van der Waals surface area contributed by atoms with Gasteiger partial charge in [-0.05, 0) is 11.6 Å². The Hall–Kier alpha value is -3.39. The standard InChI is InChI=1S/C23H28N6O2/c1-24-23(29-11-12-30-21(16-29)20-14-27-28(2)15-20)26-13-19-9-6-10-25-22(19)31-17-18-7-4-3-5-8-18/h3-10,14-15,21H,11-13,16-17H2,1-2H3,(H,24,26). The Labute approximate surface area is 182 Å². The predicted molar refractivity (Wildman–Crippen MR) is 119 cm³/mol. The summed E-state index contributed by atoms with van der Waals surface area (Å²) in [4.78, 5) is 11.1. The van der Waals surface area contributed by atoms with Gasteiger partial charge < -0.3 is 19.7 Å². The molecule has 3 heterocycles. The highest BCUT2D eigenvalue weighted by molar-refractivity contribution is 5.80. The Morgan fingerprint density at radius 1 is 1.26 bits per heavy atom. The fourth-order valence-corrected chi connectivity index (χ4v) is 3.57. The Kier molecular flexibility index (Phi) is 6.78. The fraction of sp³-hybridized carbons (Fsp3) is 0.348. The van der Waals surface area contributed by atoms with E-state index in [-0.39, 0.29) is 6.10 Å². The highest BCUT2D eigenvalue weighted by Crippen LogP contribution is 2.22. The number of nitrogens with one attached hydrogen (secondary N) is 1. The van der Waals surface area contributed by atoms with Crippen LogP contribution >= 0.6 is 0 Å². The third kappa shape index (κ3) is 5.40. The summed E-state index contributed by atoms with van der Waals surface area (Å²) in [5.74, 6) is 1.46. The van der Waals surface area contributed by atoms with Crippen LogP contribution in [0.25, 0.3) is 0 Å². The first-order chi connectivity index (χ1) is 15.2. The molecule has 0 saturated carbocycles. The first kappa shape index (κ1) is 20.9. The van der Waals surface area contributed by atoms with Gasteiger partial charge in [0.25, 0.3) is 0 Å². The molecule has 0 bridgehead atoms. The summed E-state index contributed by atoms with van der Waals surface area (Å²) in [5, 5.41) is 7.71. The lowest BCUT2D eigenvalue weighted by Gasteiger charge is -2.34. The van der Waals surface area contributed by atoms with Gasteiger partial charge in [-0.15, -0.1) is 0 Å². The maximum atomic E-state index is 5.98. The second kappa shape index (κ2) is 10.1. The molecule has 1 unspecified atom stereocenters. The van der Waals surface area contributed by atoms with E-state index in [1.54, 1.807) is 17.9 Å². The molecular weight excluding hydrogens is 392 g/mol. The molecule has 1 saturated heterocycles. The molecule has 1 N–H and O–H groups in total. The number of benzene rings is 1. The third-order valence-corrected chi connectivity index (χ3v) is 5.18. The SMILES string of the molecule is CN=C(NCc1cccnc1OCc1ccccc1)N1CCOC(c2cnn(C)c2)C1. The Morgan fingerprint density at radius 2 is 2.13 bits per heavy atom. The second-order valence-electron chi connectivity index (χ2n) is 7.40. The Balaban J connectivity index is 1.37. The molecule has 31 heavy (non-hydrogen) atoms. The van der Waals surface area contributed by atoms with Crippen LogP contribution in [0.1, 0.15) is 22.8 Å². The van der Waals surface area contributed by atoms with Crippen molar-refractivity contribution in [1.29, 1.82) is 0 Å². The van der Waals surface area contributed by atoms with Gasteiger partial charge >= 0.3 is 0 Å². The average molecular weight is 421 g/mol. The molecule has 4 rings (SSSR count). The summed E-state index contributed by atoms with van der Waals surface area (Å²) in [6.45, 7) is 3.19. The van der Waals surface area contributed by atoms with Gasteiger partial charge in [0.2, 0.25) is 5.88 Å². The zero-order valence-corrected chi connectivity index (χ0v) is 17.9. The number of nitrogens with zero attached hydrogens (tertiary/aromatic N) is 5. The second-order valence-corrected chi connectivity index (χ2v) is 7.40. The van der Waals surface area contributed by atoms with Crippen molar-refractivity contribution in [3.63, 3.8) is 0 Å². The minimum atomic E-state index is -0.0239. The summed E-state index contributed by atoms with van der Waals surface area (Å²) in [6, 6.07) is 14.0. The summed E-state index contributed by atoms with van der Waals surface area (Å²) in [7, 11) is 3.71. The van der Waals surface area contributed by atoms with Crippen molar-refractivity contribution in [2.45, 2.75) is 19.3 Å². The molecule has 0 spiro atoms. The number of guanidine groups is 1. The molecule has 8 heteroatoms. The van der Waals surface area contributed by atoms with E-state index in [1.807, 2.05) is 61.9 Å². The normalized spacial score (nSPS) is 16.9. The smallest absolute Gasteiger partial charge is 0.218 e. The molecule has 0 amide bonds. The van der Waals surface area contributed by atoms with Gasteiger partial charge in [-0.3, -0.25) is 9.67 Å². The Morgan fingerprint density at radius 3 is 2.90 bits per heavy atom. The minimum Gasteiger partial charge on any atom is -0.473 e. The first-order valence-electron chi connectivity index (χ1n) is 10.4. The average Bonchev–Trinajstić information content (AvgIpc) is 3.26. The summed E-state index contributed by atoms with van der Waals surface area (Å²) in [5.41, 5.74) is 3.17. The molecule has 1 fully saturated rings. The van der Waals surface area contributed by atoms with Crippen molar-refractivity contribution in [2.75, 3.05) is 26.7 Å². The van der Waals surface area contributed by atoms with Crippen molar-refractivity contribution >= 4 is 5.96 Å². The van der Waals surface area contributed by atoms with Gasteiger partial charge in [0.15, 0.2) is 5.96 Å². The number of aryl methyl sites for hydroxylation is 1. The lowest BCUT2D eigenvalue weighted by Crippen LogP contribution is -2.47. The molecule has 3 aromatic rings. The zero-order valence-electron chi connectivity index (χ0n) is 17.9. The largest absolute Gasteiger partial charge is 0.473 e. The van der Waals surface area contributed by atoms with Crippen LogP contribution in [0, 0.1) is 0 Å². The van der Waals surface area contributed by atoms with Crippen molar-refractivity contribution < 1.29 is 9.47 Å². The van der Waals surface area contributed by atoms with Gasteiger partial charge in [0.1, 0.15) is 12.7 Å². The van der Waals surface area contributed by atoms with E-state index in [2.05, 4.69) is 25.3 Å². The lowest BCUT2D eigenvalue weighted by atomic mass is 10.1. The van der Waals surface area contributed by atoms with Crippen LogP contribution in [0.15, 0.2) is 66.0 Å². The van der Waals surface area contributed by atoms with E-state index < -0.39 is 0 Å². The van der Waals surface area contributed by atoms with Crippen molar-refractivity contribution in [1.82, 2.24) is 25.0 Å². The lowest BCUT2D eigenvalue weighted by molar-refractivity contribution is -0.00805. The van der Waals surface area contributed by atoms with Gasteiger partial charge in [0, 0.05) is 50.7 Å². The molecule has 0 radical (unpaired) electrons. The van der Waals surface area contributed by atoms with Crippen LogP contribution in [0.4, 0.5) is 0 Å². The molecule has 8 nitrogen and oxygen atoms in total. The minimum absolute atomic E-state index is 0.0239. The number of aliphatic imine (C=N–C) groups is 1. The predicted octanol–water partition coefficient (Wildman–Crippen LogP) is 2.54. The van der Waals surface area contributed by atoms with E-state index >= 15 is 0 Å². The summed E-state index contributed by atoms with van der Waals surface area (Å²) >= 11 is 0. The van der Waals surface area contributed by atoms with Crippen LogP contribution < -0.4 is 10.1 Å². The number of aromatic nitrogens is 3. The number of rotatable bonds is 6. The van der Waals surface area contributed by atoms with Gasteiger partial charge in [-0.2, -0.15) is 5.10 Å². The van der Waals surface area contributed by atoms with Crippen LogP contribution in [-0.2, 0) is 24.9 Å². The van der Waals surface area contributed by atoms with Gasteiger partial charge in [0.05, 0.1) is 19.3 Å². The van der Waals surface area contributed by atoms with E-state index in [4.69, 9.17) is 9.47 Å². The number of pyridine rings is 1. The monoisotopic (exact) mass is 420 g/mol. The van der Waals surface area contributed by atoms with Crippen LogP contribution in [-0.4, -0.2) is 52.4 Å². The molecule has 1 aromatic carbocycles. The van der Waals surface area contributed by atoms with E-state index in [1.165, 1.54) is 0 Å². The molecule has 1 aliphatic rings. The molecule has 162 valence electrons. The van der Waals surface area contributed by atoms with Crippen molar-refractivity contribution in [2.24, 2.45) is 12.0 Å². The molecule has 0 aliphatic carbocycles. The number of morpholine rings is 1. The topological polar surface area (TPSA) is 76.8 Å². The van der Waals surface area contributed by atoms with Crippen molar-refractivity contribution in [3.8, 4) is 5.88 Å². The number of ether oxygens (including phenoxy) is 2. The maximum absolute atomic E-state index is 5.98. The molecule has 1 aliphatic heterocycles. The molecule has 1 atom stereocenters. The summed E-state index contributed by atoms with van der Waals surface area (Å²) in [6.07, 6.45) is 5.58. The molecule has 2 aromatic heterocycles. The zero-order chi connectivity index (χ0) is 21.5. The number of hydrogen-bond acceptors (Lipinski definition) is 5. The van der Waals surface area contributed by atoms with Crippen molar-refractivity contribution in [3.05, 3.63) is 77.7 Å². The molecular formula is C23H28N6O2. The Bertz CT molecular complexity index is 1000. The van der Waals surface area contributed by atoms with Gasteiger partial charge in [-0.1, -0.05) is 36.4 Å². The number of hydrogen-bond donors (Lipinski definition) is 1. The highest BCUT2D eigenvalue weighted by atomic mass is 16.5. The summed E-state index contributed by atoms with van der Waals surface area (Å²) < 4.78 is 13.7. The van der Waals surface area contributed by atoms with E-state index in [0.717, 1.165) is 35.7 Å². The van der Waals surface area contributed by atoms with Crippen LogP contribution in [0.3, 0.4) is 0 Å². The van der Waals surface area contributed by atoms with E-state index in [9.17, 15) is 0 Å². The highest BCUT2D eigenvalue weighted by Gasteiger charge is 2.25. The van der Waals surface area contributed by atoms with E-state index in [0.29, 0.717) is 25.6 Å². The quantitative estimate of drug-likeness (QED) is 0.488. The third-order valence-electron chi connectivity index (χ3n) is 5.18. The van der Waals surface area contributed by atoms with Crippen LogP contribution in [0.5, 0.6) is 5.88 Å². The van der Waals surface area contributed by atoms with Crippen LogP contribution in [0.2, 0.25) is 0 Å².